The molecule has 0 aromatic carbocycles. The van der Waals surface area contributed by atoms with Crippen LogP contribution in [0.15, 0.2) is 15.6 Å². The number of hydrogen-bond acceptors (Lipinski definition) is 5. The first-order valence-electron chi connectivity index (χ1n) is 8.71. The van der Waals surface area contributed by atoms with Gasteiger partial charge in [0.25, 0.3) is 0 Å². The predicted octanol–water partition coefficient (Wildman–Crippen LogP) is 0.958. The molecule has 2 rings (SSSR count). The lowest BCUT2D eigenvalue weighted by atomic mass is 10.1. The van der Waals surface area contributed by atoms with Crippen molar-refractivity contribution in [3.63, 3.8) is 0 Å². The van der Waals surface area contributed by atoms with Crippen molar-refractivity contribution >= 4 is 11.9 Å². The van der Waals surface area contributed by atoms with Gasteiger partial charge in [-0.3, -0.25) is 4.79 Å². The lowest BCUT2D eigenvalue weighted by Gasteiger charge is -2.15. The molecule has 25 heavy (non-hydrogen) atoms. The first-order chi connectivity index (χ1) is 12.0. The first-order valence-corrected chi connectivity index (χ1v) is 8.71. The molecule has 140 valence electrons. The van der Waals surface area contributed by atoms with E-state index in [1.54, 1.807) is 14.1 Å². The summed E-state index contributed by atoms with van der Waals surface area (Å²) in [5.74, 6) is 2.07. The van der Waals surface area contributed by atoms with Gasteiger partial charge in [0.15, 0.2) is 11.7 Å². The third-order valence-corrected chi connectivity index (χ3v) is 4.05. The molecule has 0 bridgehead atoms. The van der Waals surface area contributed by atoms with Crippen LogP contribution < -0.4 is 10.6 Å². The maximum absolute atomic E-state index is 11.8. The lowest BCUT2D eigenvalue weighted by Crippen LogP contribution is -2.40. The van der Waals surface area contributed by atoms with E-state index >= 15 is 0 Å². The van der Waals surface area contributed by atoms with E-state index in [9.17, 15) is 4.79 Å². The van der Waals surface area contributed by atoms with Crippen LogP contribution >= 0.6 is 0 Å². The minimum atomic E-state index is -0.0490. The van der Waals surface area contributed by atoms with Crippen molar-refractivity contribution in [3.8, 4) is 0 Å². The van der Waals surface area contributed by atoms with Crippen LogP contribution in [0.2, 0.25) is 0 Å². The molecule has 1 atom stereocenters. The number of aromatic nitrogens is 1. The highest BCUT2D eigenvalue weighted by atomic mass is 16.5. The maximum atomic E-state index is 11.8. The number of ether oxygens (including phenoxy) is 1. The Morgan fingerprint density at radius 3 is 2.84 bits per heavy atom. The monoisotopic (exact) mass is 351 g/mol. The molecular formula is C17H29N5O3. The third-order valence-electron chi connectivity index (χ3n) is 4.05. The summed E-state index contributed by atoms with van der Waals surface area (Å²) in [7, 11) is 3.44. The van der Waals surface area contributed by atoms with Crippen LogP contribution in [0, 0.1) is 5.92 Å². The topological polar surface area (TPSA) is 92.0 Å². The molecule has 1 aliphatic rings. The van der Waals surface area contributed by atoms with Crippen LogP contribution in [0.3, 0.4) is 0 Å². The van der Waals surface area contributed by atoms with Gasteiger partial charge in [-0.2, -0.15) is 0 Å². The van der Waals surface area contributed by atoms with E-state index in [0.717, 1.165) is 37.6 Å². The Kier molecular flexibility index (Phi) is 7.24. The molecule has 2 heterocycles. The van der Waals surface area contributed by atoms with Gasteiger partial charge in [-0.05, 0) is 12.3 Å². The van der Waals surface area contributed by atoms with Gasteiger partial charge in [0.05, 0.1) is 18.8 Å². The van der Waals surface area contributed by atoms with Crippen molar-refractivity contribution in [2.75, 3.05) is 40.4 Å². The van der Waals surface area contributed by atoms with Crippen molar-refractivity contribution in [2.24, 2.45) is 10.9 Å². The number of nitrogens with one attached hydrogen (secondary N) is 2. The number of guanidine groups is 1. The maximum Gasteiger partial charge on any atom is 0.243 e. The third kappa shape index (κ3) is 6.38. The first kappa shape index (κ1) is 19.2. The summed E-state index contributed by atoms with van der Waals surface area (Å²) in [6, 6.07) is 1.94. The number of carbonyl (C=O) groups is 1. The molecule has 1 saturated heterocycles. The minimum absolute atomic E-state index is 0.0490. The number of carbonyl (C=O) groups excluding carboxylic acids is 1. The quantitative estimate of drug-likeness (QED) is 0.561. The van der Waals surface area contributed by atoms with Gasteiger partial charge >= 0.3 is 0 Å². The zero-order valence-electron chi connectivity index (χ0n) is 15.5. The summed E-state index contributed by atoms with van der Waals surface area (Å²) < 4.78 is 10.7. The zero-order valence-corrected chi connectivity index (χ0v) is 15.5. The van der Waals surface area contributed by atoms with Crippen molar-refractivity contribution in [3.05, 3.63) is 17.5 Å². The van der Waals surface area contributed by atoms with Crippen LogP contribution in [-0.4, -0.2) is 62.3 Å². The van der Waals surface area contributed by atoms with Crippen molar-refractivity contribution < 1.29 is 14.1 Å². The van der Waals surface area contributed by atoms with Crippen molar-refractivity contribution in [1.82, 2.24) is 20.7 Å². The van der Waals surface area contributed by atoms with Crippen LogP contribution in [-0.2, 0) is 16.1 Å². The predicted molar refractivity (Wildman–Crippen MR) is 95.4 cm³/mol. The SMILES string of the molecule is CC(C)c1cc(CNC(=NCC(=O)N(C)C)NCC2CCOC2)on1. The van der Waals surface area contributed by atoms with Crippen molar-refractivity contribution in [2.45, 2.75) is 32.7 Å². The largest absolute Gasteiger partial charge is 0.381 e. The standard InChI is InChI=1S/C17H29N5O3/c1-12(2)15-7-14(25-21-15)9-19-17(20-10-16(23)22(3)4)18-8-13-5-6-24-11-13/h7,12-13H,5-6,8-11H2,1-4H3,(H2,18,19,20). The van der Waals surface area contributed by atoms with Gasteiger partial charge in [0.2, 0.25) is 5.91 Å². The van der Waals surface area contributed by atoms with Crippen molar-refractivity contribution in [1.29, 1.82) is 0 Å². The number of rotatable bonds is 7. The number of likely N-dealkylation sites (N-methyl/N-ethyl adjacent to an activating group) is 1. The zero-order chi connectivity index (χ0) is 18.2. The van der Waals surface area contributed by atoms with Gasteiger partial charge in [0, 0.05) is 39.2 Å². The van der Waals surface area contributed by atoms with Crippen LogP contribution in [0.5, 0.6) is 0 Å². The molecule has 1 aromatic heterocycles. The lowest BCUT2D eigenvalue weighted by molar-refractivity contribution is -0.127. The fraction of sp³-hybridized carbons (Fsp3) is 0.706. The number of hydrogen-bond donors (Lipinski definition) is 2. The second-order valence-electron chi connectivity index (χ2n) is 6.79. The minimum Gasteiger partial charge on any atom is -0.381 e. The normalized spacial score (nSPS) is 17.8. The Hall–Kier alpha value is -2.09. The molecule has 1 unspecified atom stereocenters. The Morgan fingerprint density at radius 1 is 1.44 bits per heavy atom. The molecule has 0 saturated carbocycles. The van der Waals surface area contributed by atoms with Gasteiger partial charge in [0.1, 0.15) is 6.54 Å². The van der Waals surface area contributed by atoms with E-state index < -0.39 is 0 Å². The molecule has 2 N–H and O–H groups in total. The Balaban J connectivity index is 1.91. The number of aliphatic imine (C=N–C) groups is 1. The average molecular weight is 351 g/mol. The summed E-state index contributed by atoms with van der Waals surface area (Å²) >= 11 is 0. The number of amides is 1. The number of nitrogens with zero attached hydrogens (tertiary/aromatic N) is 3. The smallest absolute Gasteiger partial charge is 0.243 e. The van der Waals surface area contributed by atoms with Gasteiger partial charge < -0.3 is 24.8 Å². The van der Waals surface area contributed by atoms with Gasteiger partial charge in [-0.25, -0.2) is 4.99 Å². The molecule has 1 aromatic rings. The van der Waals surface area contributed by atoms with Crippen LogP contribution in [0.4, 0.5) is 0 Å². The Morgan fingerprint density at radius 2 is 2.24 bits per heavy atom. The van der Waals surface area contributed by atoms with Crippen LogP contribution in [0.1, 0.15) is 37.6 Å². The molecule has 1 aliphatic heterocycles. The van der Waals surface area contributed by atoms with E-state index in [1.165, 1.54) is 4.90 Å². The second kappa shape index (κ2) is 9.41. The molecule has 0 aliphatic carbocycles. The molecule has 8 heteroatoms. The summed E-state index contributed by atoms with van der Waals surface area (Å²) in [5.41, 5.74) is 0.925. The fourth-order valence-corrected chi connectivity index (χ4v) is 2.30. The van der Waals surface area contributed by atoms with E-state index in [1.807, 2.05) is 6.07 Å². The summed E-state index contributed by atoms with van der Waals surface area (Å²) in [4.78, 5) is 17.7. The molecule has 0 radical (unpaired) electrons. The Labute approximate surface area is 149 Å². The van der Waals surface area contributed by atoms with E-state index in [4.69, 9.17) is 9.26 Å². The molecule has 0 spiro atoms. The summed E-state index contributed by atoms with van der Waals surface area (Å²) in [5, 5.41) is 10.5. The molecular weight excluding hydrogens is 322 g/mol. The van der Waals surface area contributed by atoms with E-state index in [2.05, 4.69) is 34.6 Å². The highest BCUT2D eigenvalue weighted by molar-refractivity contribution is 5.84. The fourth-order valence-electron chi connectivity index (χ4n) is 2.30. The Bertz CT molecular complexity index is 577. The van der Waals surface area contributed by atoms with Gasteiger partial charge in [-0.15, -0.1) is 0 Å². The molecule has 1 amide bonds. The molecule has 8 nitrogen and oxygen atoms in total. The molecule has 1 fully saturated rings. The van der Waals surface area contributed by atoms with Gasteiger partial charge in [-0.1, -0.05) is 19.0 Å². The highest BCUT2D eigenvalue weighted by Crippen LogP contribution is 2.14. The second-order valence-corrected chi connectivity index (χ2v) is 6.79. The van der Waals surface area contributed by atoms with E-state index in [-0.39, 0.29) is 12.5 Å². The summed E-state index contributed by atoms with van der Waals surface area (Å²) in [6.07, 6.45) is 1.04. The van der Waals surface area contributed by atoms with E-state index in [0.29, 0.717) is 24.3 Å². The van der Waals surface area contributed by atoms with Crippen LogP contribution in [0.25, 0.3) is 0 Å². The average Bonchev–Trinajstić information content (AvgIpc) is 3.25. The highest BCUT2D eigenvalue weighted by Gasteiger charge is 2.16. The summed E-state index contributed by atoms with van der Waals surface area (Å²) in [6.45, 7) is 7.02.